The van der Waals surface area contributed by atoms with Crippen LogP contribution in [0.25, 0.3) is 0 Å². The van der Waals surface area contributed by atoms with Crippen LogP contribution in [0.3, 0.4) is 0 Å². The van der Waals surface area contributed by atoms with E-state index in [0.29, 0.717) is 11.1 Å². The van der Waals surface area contributed by atoms with Gasteiger partial charge in [-0.3, -0.25) is 9.59 Å². The summed E-state index contributed by atoms with van der Waals surface area (Å²) < 4.78 is 71.4. The Bertz CT molecular complexity index is 1360. The van der Waals surface area contributed by atoms with E-state index in [1.54, 1.807) is 116 Å². The van der Waals surface area contributed by atoms with Crippen LogP contribution in [0.1, 0.15) is 76.1 Å². The van der Waals surface area contributed by atoms with Crippen molar-refractivity contribution < 1.29 is 65.9 Å². The number of halogens is 2. The zero-order valence-corrected chi connectivity index (χ0v) is 31.2. The Morgan fingerprint density at radius 3 is 1.10 bits per heavy atom. The van der Waals surface area contributed by atoms with Crippen LogP contribution in [0.4, 0.5) is 8.78 Å². The number of alkyl halides is 2. The van der Waals surface area contributed by atoms with Gasteiger partial charge in [-0.2, -0.15) is 0 Å². The van der Waals surface area contributed by atoms with Gasteiger partial charge in [-0.1, -0.05) is 36.4 Å². The highest BCUT2D eigenvalue weighted by Gasteiger charge is 2.51. The molecule has 0 bridgehead atoms. The Morgan fingerprint density at radius 2 is 0.827 bits per heavy atom. The summed E-state index contributed by atoms with van der Waals surface area (Å²) in [5.41, 5.74) is -0.950. The maximum Gasteiger partial charge on any atom is 0.338 e. The van der Waals surface area contributed by atoms with E-state index in [9.17, 15) is 28.0 Å². The lowest BCUT2D eigenvalue weighted by Gasteiger charge is -2.41. The maximum atomic E-state index is 14.4. The first-order valence-electron chi connectivity index (χ1n) is 16.9. The number of hydrogen-bond donors (Lipinski definition) is 0. The van der Waals surface area contributed by atoms with Gasteiger partial charge >= 0.3 is 23.9 Å². The molecule has 2 aliphatic heterocycles. The molecule has 4 rings (SSSR count). The van der Waals surface area contributed by atoms with Gasteiger partial charge in [0.05, 0.1) is 34.2 Å². The minimum atomic E-state index is -1.88. The summed E-state index contributed by atoms with van der Waals surface area (Å²) in [6.07, 6.45) is -11.8. The quantitative estimate of drug-likeness (QED) is 0.239. The second-order valence-corrected chi connectivity index (χ2v) is 14.5. The van der Waals surface area contributed by atoms with E-state index < -0.39 is 96.3 Å². The minimum Gasteiger partial charge on any atom is -0.453 e. The van der Waals surface area contributed by atoms with Crippen molar-refractivity contribution in [1.29, 1.82) is 0 Å². The van der Waals surface area contributed by atoms with E-state index in [0.717, 1.165) is 0 Å². The number of ether oxygens (including phenoxy) is 8. The van der Waals surface area contributed by atoms with Gasteiger partial charge in [-0.05, 0) is 79.7 Å². The van der Waals surface area contributed by atoms with Crippen LogP contribution in [-0.2, 0) is 47.5 Å². The summed E-state index contributed by atoms with van der Waals surface area (Å²) in [5.74, 6) is -2.38. The fourth-order valence-electron chi connectivity index (χ4n) is 5.16. The molecule has 10 unspecified atom stereocenters. The maximum absolute atomic E-state index is 14.4. The lowest BCUT2D eigenvalue weighted by atomic mass is 9.96. The summed E-state index contributed by atoms with van der Waals surface area (Å²) in [6, 6.07) is 16.8. The molecule has 2 saturated heterocycles. The van der Waals surface area contributed by atoms with E-state index in [2.05, 4.69) is 0 Å². The van der Waals surface area contributed by atoms with Crippen molar-refractivity contribution in [3.63, 3.8) is 0 Å². The molecule has 12 nitrogen and oxygen atoms in total. The Morgan fingerprint density at radius 1 is 0.519 bits per heavy atom. The first kappa shape index (κ1) is 42.4. The Labute approximate surface area is 303 Å². The molecule has 2 aromatic carbocycles. The standard InChI is InChI=1S/2C19H25FO6/c2*1-11-13(25-17(21)12-9-7-6-8-10-12)14(23-5)15(16(20)24-11)26-18(22)19(2,3)4/h2*6-11,13-16H,1-5H3. The normalized spacial score (nSPS) is 29.1. The van der Waals surface area contributed by atoms with Gasteiger partial charge in [0.25, 0.3) is 0 Å². The van der Waals surface area contributed by atoms with Gasteiger partial charge < -0.3 is 37.9 Å². The Balaban J connectivity index is 0.000000280. The second kappa shape index (κ2) is 18.2. The van der Waals surface area contributed by atoms with E-state index in [1.807, 2.05) is 0 Å². The third-order valence-corrected chi connectivity index (χ3v) is 8.19. The molecule has 10 atom stereocenters. The van der Waals surface area contributed by atoms with Crippen molar-refractivity contribution in [3.05, 3.63) is 71.8 Å². The molecular formula is C38H50F2O12. The van der Waals surface area contributed by atoms with Crippen LogP contribution >= 0.6 is 0 Å². The smallest absolute Gasteiger partial charge is 0.338 e. The summed E-state index contributed by atoms with van der Waals surface area (Å²) in [5, 5.41) is 0. The lowest BCUT2D eigenvalue weighted by Crippen LogP contribution is -2.59. The zero-order valence-electron chi connectivity index (χ0n) is 31.2. The van der Waals surface area contributed by atoms with Crippen LogP contribution in [0.15, 0.2) is 60.7 Å². The molecule has 52 heavy (non-hydrogen) atoms. The number of esters is 4. The molecule has 0 aromatic heterocycles. The summed E-state index contributed by atoms with van der Waals surface area (Å²) in [6.45, 7) is 13.1. The fraction of sp³-hybridized carbons (Fsp3) is 0.579. The largest absolute Gasteiger partial charge is 0.453 e. The number of hydrogen-bond acceptors (Lipinski definition) is 12. The van der Waals surface area contributed by atoms with Crippen molar-refractivity contribution in [2.45, 2.75) is 117 Å². The summed E-state index contributed by atoms with van der Waals surface area (Å²) >= 11 is 0. The molecule has 0 amide bonds. The molecule has 2 heterocycles. The van der Waals surface area contributed by atoms with Crippen molar-refractivity contribution >= 4 is 23.9 Å². The number of carbonyl (C=O) groups is 4. The highest BCUT2D eigenvalue weighted by Crippen LogP contribution is 2.32. The molecule has 0 spiro atoms. The van der Waals surface area contributed by atoms with Crippen molar-refractivity contribution in [1.82, 2.24) is 0 Å². The van der Waals surface area contributed by atoms with E-state index in [4.69, 9.17) is 37.9 Å². The molecule has 2 aliphatic rings. The molecule has 0 aliphatic carbocycles. The molecule has 0 N–H and O–H groups in total. The van der Waals surface area contributed by atoms with Crippen molar-refractivity contribution in [2.24, 2.45) is 10.8 Å². The van der Waals surface area contributed by atoms with Crippen LogP contribution in [0.2, 0.25) is 0 Å². The first-order valence-corrected chi connectivity index (χ1v) is 16.9. The SMILES string of the molecule is COC1C(OC(=O)c2ccccc2)C(C)OC(F)C1OC(=O)C(C)(C)C.COC1C(OC(=O)c2ccccc2)C(C)OC(F)C1OC(=O)C(C)(C)C. The summed E-state index contributed by atoms with van der Waals surface area (Å²) in [7, 11) is 2.69. The van der Waals surface area contributed by atoms with E-state index in [1.165, 1.54) is 14.2 Å². The molecule has 14 heteroatoms. The highest BCUT2D eigenvalue weighted by atomic mass is 19.2. The predicted octanol–water partition coefficient (Wildman–Crippen LogP) is 5.80. The van der Waals surface area contributed by atoms with Crippen LogP contribution in [0, 0.1) is 10.8 Å². The third-order valence-electron chi connectivity index (χ3n) is 8.19. The minimum absolute atomic E-state index is 0.347. The highest BCUT2D eigenvalue weighted by molar-refractivity contribution is 5.90. The van der Waals surface area contributed by atoms with E-state index in [-0.39, 0.29) is 0 Å². The Hall–Kier alpha value is -3.98. The predicted molar refractivity (Wildman–Crippen MR) is 182 cm³/mol. The van der Waals surface area contributed by atoms with Crippen molar-refractivity contribution in [3.8, 4) is 0 Å². The van der Waals surface area contributed by atoms with Gasteiger partial charge in [0.15, 0.2) is 24.4 Å². The van der Waals surface area contributed by atoms with Crippen LogP contribution in [0.5, 0.6) is 0 Å². The molecule has 2 aromatic rings. The molecular weight excluding hydrogens is 686 g/mol. The fourth-order valence-corrected chi connectivity index (χ4v) is 5.16. The molecule has 0 saturated carbocycles. The monoisotopic (exact) mass is 736 g/mol. The Kier molecular flexibility index (Phi) is 14.8. The first-order chi connectivity index (χ1) is 24.3. The number of benzene rings is 2. The lowest BCUT2D eigenvalue weighted by molar-refractivity contribution is -0.266. The van der Waals surface area contributed by atoms with Gasteiger partial charge in [0.1, 0.15) is 12.2 Å². The van der Waals surface area contributed by atoms with Crippen LogP contribution in [-0.4, -0.2) is 99.6 Å². The number of methoxy groups -OCH3 is 2. The van der Waals surface area contributed by atoms with Gasteiger partial charge in [-0.15, -0.1) is 0 Å². The molecule has 0 radical (unpaired) electrons. The van der Waals surface area contributed by atoms with Gasteiger partial charge in [0.2, 0.25) is 12.7 Å². The molecule has 288 valence electrons. The topological polar surface area (TPSA) is 142 Å². The van der Waals surface area contributed by atoms with E-state index >= 15 is 0 Å². The zero-order chi connectivity index (χ0) is 39.0. The van der Waals surface area contributed by atoms with Gasteiger partial charge in [-0.25, -0.2) is 18.4 Å². The molecule has 2 fully saturated rings. The average Bonchev–Trinajstić information content (AvgIpc) is 3.09. The summed E-state index contributed by atoms with van der Waals surface area (Å²) in [4.78, 5) is 49.0. The number of rotatable bonds is 8. The third kappa shape index (κ3) is 11.0. The van der Waals surface area contributed by atoms with Gasteiger partial charge in [0, 0.05) is 14.2 Å². The number of carbonyl (C=O) groups excluding carboxylic acids is 4. The average molecular weight is 737 g/mol. The van der Waals surface area contributed by atoms with Crippen LogP contribution < -0.4 is 0 Å². The second-order valence-electron chi connectivity index (χ2n) is 14.5. The van der Waals surface area contributed by atoms with Crippen molar-refractivity contribution in [2.75, 3.05) is 14.2 Å².